The summed E-state index contributed by atoms with van der Waals surface area (Å²) in [7, 11) is 4.25. The molecule has 0 spiro atoms. The lowest BCUT2D eigenvalue weighted by molar-refractivity contribution is 0.326. The topological polar surface area (TPSA) is 50.1 Å². The molecule has 21 heavy (non-hydrogen) atoms. The van der Waals surface area contributed by atoms with Gasteiger partial charge in [-0.3, -0.25) is 4.68 Å². The number of hydrogen-bond donors (Lipinski definition) is 0. The number of hydrogen-bond acceptors (Lipinski definition) is 6. The highest BCUT2D eigenvalue weighted by atomic mass is 32.1. The molecule has 6 nitrogen and oxygen atoms in total. The first-order valence-electron chi connectivity index (χ1n) is 7.32. The summed E-state index contributed by atoms with van der Waals surface area (Å²) < 4.78 is 2.15. The zero-order valence-electron chi connectivity index (χ0n) is 12.9. The Balaban J connectivity index is 1.81. The van der Waals surface area contributed by atoms with Gasteiger partial charge in [0.15, 0.2) is 0 Å². The quantitative estimate of drug-likeness (QED) is 0.859. The Hall–Kier alpha value is -1.47. The highest BCUT2D eigenvalue weighted by molar-refractivity contribution is 7.15. The summed E-state index contributed by atoms with van der Waals surface area (Å²) in [5.74, 6) is 0.581. The van der Waals surface area contributed by atoms with Crippen LogP contribution in [0.2, 0.25) is 0 Å². The van der Waals surface area contributed by atoms with E-state index in [4.69, 9.17) is 0 Å². The minimum absolute atomic E-state index is 0.581. The lowest BCUT2D eigenvalue weighted by Gasteiger charge is -2.24. The van der Waals surface area contributed by atoms with Crippen molar-refractivity contribution >= 4 is 16.5 Å². The van der Waals surface area contributed by atoms with Crippen LogP contribution in [0.25, 0.3) is 0 Å². The molecule has 0 saturated heterocycles. The summed E-state index contributed by atoms with van der Waals surface area (Å²) in [6, 6.07) is 2.11. The molecule has 2 aromatic rings. The van der Waals surface area contributed by atoms with Crippen molar-refractivity contribution in [3.63, 3.8) is 0 Å². The summed E-state index contributed by atoms with van der Waals surface area (Å²) in [4.78, 5) is 4.60. The average Bonchev–Trinajstić information content (AvgIpc) is 3.01. The van der Waals surface area contributed by atoms with Crippen LogP contribution in [0.1, 0.15) is 17.1 Å². The van der Waals surface area contributed by atoms with Gasteiger partial charge in [0, 0.05) is 19.3 Å². The number of nitrogens with zero attached hydrogens (tertiary/aromatic N) is 6. The van der Waals surface area contributed by atoms with Crippen molar-refractivity contribution in [2.75, 3.05) is 32.1 Å². The number of aromatic nitrogens is 4. The summed E-state index contributed by atoms with van der Waals surface area (Å²) in [5.41, 5.74) is 1.26. The van der Waals surface area contributed by atoms with E-state index < -0.39 is 0 Å². The van der Waals surface area contributed by atoms with Gasteiger partial charge in [0.05, 0.1) is 12.2 Å². The van der Waals surface area contributed by atoms with Gasteiger partial charge in [0.1, 0.15) is 5.01 Å². The third-order valence-corrected chi connectivity index (χ3v) is 4.74. The standard InChI is InChI=1S/C14H22N6S/c1-11-16-17-14(21-11)19-8-12(5-7-18(2)3)9-20-13(10-19)4-6-15-20/h4,6,12H,5,7-10H2,1-3H3. The molecule has 0 bridgehead atoms. The van der Waals surface area contributed by atoms with E-state index >= 15 is 0 Å². The van der Waals surface area contributed by atoms with Crippen LogP contribution in [0.5, 0.6) is 0 Å². The number of aryl methyl sites for hydroxylation is 1. The first kappa shape index (κ1) is 14.5. The molecule has 0 N–H and O–H groups in total. The van der Waals surface area contributed by atoms with Gasteiger partial charge < -0.3 is 9.80 Å². The van der Waals surface area contributed by atoms with Crippen LogP contribution in [0, 0.1) is 12.8 Å². The van der Waals surface area contributed by atoms with Crippen LogP contribution < -0.4 is 4.90 Å². The zero-order valence-corrected chi connectivity index (χ0v) is 13.7. The monoisotopic (exact) mass is 306 g/mol. The van der Waals surface area contributed by atoms with Gasteiger partial charge in [0.25, 0.3) is 0 Å². The van der Waals surface area contributed by atoms with E-state index in [9.17, 15) is 0 Å². The first-order chi connectivity index (χ1) is 10.1. The summed E-state index contributed by atoms with van der Waals surface area (Å²) in [5, 5.41) is 15.0. The molecule has 1 atom stereocenters. The van der Waals surface area contributed by atoms with Crippen LogP contribution in [0.15, 0.2) is 12.3 Å². The molecule has 114 valence electrons. The Labute approximate surface area is 129 Å². The molecule has 0 fully saturated rings. The van der Waals surface area contributed by atoms with Gasteiger partial charge in [-0.1, -0.05) is 11.3 Å². The Morgan fingerprint density at radius 3 is 2.90 bits per heavy atom. The van der Waals surface area contributed by atoms with Crippen molar-refractivity contribution in [2.45, 2.75) is 26.4 Å². The maximum Gasteiger partial charge on any atom is 0.208 e. The average molecular weight is 306 g/mol. The lowest BCUT2D eigenvalue weighted by atomic mass is 10.1. The zero-order chi connectivity index (χ0) is 14.8. The normalized spacial score (nSPS) is 18.9. The molecule has 0 saturated carbocycles. The number of fused-ring (bicyclic) bond motifs is 1. The van der Waals surface area contributed by atoms with Crippen LogP contribution >= 0.6 is 11.3 Å². The molecule has 0 radical (unpaired) electrons. The highest BCUT2D eigenvalue weighted by Crippen LogP contribution is 2.26. The summed E-state index contributed by atoms with van der Waals surface area (Å²) in [6.45, 7) is 5.99. The lowest BCUT2D eigenvalue weighted by Crippen LogP contribution is -2.29. The molecule has 0 aliphatic carbocycles. The molecular formula is C14H22N6S. The van der Waals surface area contributed by atoms with Crippen LogP contribution in [-0.4, -0.2) is 52.1 Å². The minimum Gasteiger partial charge on any atom is -0.340 e. The minimum atomic E-state index is 0.581. The second kappa shape index (κ2) is 6.11. The van der Waals surface area contributed by atoms with E-state index in [1.54, 1.807) is 11.3 Å². The third-order valence-electron chi connectivity index (χ3n) is 3.84. The Bertz CT molecular complexity index is 590. The second-order valence-electron chi connectivity index (χ2n) is 5.95. The van der Waals surface area contributed by atoms with Crippen molar-refractivity contribution < 1.29 is 0 Å². The second-order valence-corrected chi connectivity index (χ2v) is 7.11. The van der Waals surface area contributed by atoms with Gasteiger partial charge in [0.2, 0.25) is 5.13 Å². The number of anilines is 1. The van der Waals surface area contributed by atoms with Gasteiger partial charge in [-0.2, -0.15) is 5.10 Å². The highest BCUT2D eigenvalue weighted by Gasteiger charge is 2.24. The summed E-state index contributed by atoms with van der Waals surface area (Å²) in [6.07, 6.45) is 3.06. The van der Waals surface area contributed by atoms with E-state index in [1.807, 2.05) is 13.1 Å². The molecule has 0 amide bonds. The van der Waals surface area contributed by atoms with Crippen LogP contribution in [-0.2, 0) is 13.1 Å². The Morgan fingerprint density at radius 2 is 2.19 bits per heavy atom. The predicted molar refractivity (Wildman–Crippen MR) is 84.6 cm³/mol. The van der Waals surface area contributed by atoms with Gasteiger partial charge >= 0.3 is 0 Å². The predicted octanol–water partition coefficient (Wildman–Crippen LogP) is 1.63. The fraction of sp³-hybridized carbons (Fsp3) is 0.643. The molecule has 1 aliphatic rings. The molecule has 1 unspecified atom stereocenters. The van der Waals surface area contributed by atoms with Crippen molar-refractivity contribution in [3.8, 4) is 0 Å². The van der Waals surface area contributed by atoms with E-state index in [1.165, 1.54) is 12.1 Å². The first-order valence-corrected chi connectivity index (χ1v) is 8.14. The van der Waals surface area contributed by atoms with E-state index in [0.717, 1.165) is 36.3 Å². The molecule has 3 rings (SSSR count). The molecule has 0 aromatic carbocycles. The smallest absolute Gasteiger partial charge is 0.208 e. The van der Waals surface area contributed by atoms with Crippen molar-refractivity contribution in [2.24, 2.45) is 5.92 Å². The van der Waals surface area contributed by atoms with Crippen molar-refractivity contribution in [1.29, 1.82) is 0 Å². The Morgan fingerprint density at radius 1 is 1.33 bits per heavy atom. The van der Waals surface area contributed by atoms with E-state index in [2.05, 4.69) is 49.9 Å². The van der Waals surface area contributed by atoms with Gasteiger partial charge in [-0.05, 0) is 46.0 Å². The fourth-order valence-electron chi connectivity index (χ4n) is 2.72. The summed E-state index contributed by atoms with van der Waals surface area (Å²) >= 11 is 1.67. The van der Waals surface area contributed by atoms with Crippen LogP contribution in [0.3, 0.4) is 0 Å². The molecule has 7 heteroatoms. The van der Waals surface area contributed by atoms with E-state index in [-0.39, 0.29) is 0 Å². The molecular weight excluding hydrogens is 284 g/mol. The fourth-order valence-corrected chi connectivity index (χ4v) is 3.41. The molecule has 2 aromatic heterocycles. The maximum atomic E-state index is 4.47. The molecule has 3 heterocycles. The van der Waals surface area contributed by atoms with E-state index in [0.29, 0.717) is 5.92 Å². The Kier molecular flexibility index (Phi) is 4.21. The molecule has 1 aliphatic heterocycles. The largest absolute Gasteiger partial charge is 0.340 e. The maximum absolute atomic E-state index is 4.47. The van der Waals surface area contributed by atoms with Crippen LogP contribution in [0.4, 0.5) is 5.13 Å². The third kappa shape index (κ3) is 3.41. The number of rotatable bonds is 4. The van der Waals surface area contributed by atoms with Gasteiger partial charge in [-0.15, -0.1) is 10.2 Å². The SMILES string of the molecule is Cc1nnc(N2Cc3ccnn3CC(CCN(C)C)C2)s1. The van der Waals surface area contributed by atoms with Gasteiger partial charge in [-0.25, -0.2) is 0 Å². The van der Waals surface area contributed by atoms with Crippen molar-refractivity contribution in [3.05, 3.63) is 23.0 Å². The van der Waals surface area contributed by atoms with Crippen molar-refractivity contribution in [1.82, 2.24) is 24.9 Å².